The first kappa shape index (κ1) is 15.8. The predicted octanol–water partition coefficient (Wildman–Crippen LogP) is 5.38. The molecule has 4 heteroatoms. The van der Waals surface area contributed by atoms with Crippen molar-refractivity contribution < 1.29 is 4.79 Å². The normalized spacial score (nSPS) is 10.9. The van der Waals surface area contributed by atoms with Crippen molar-refractivity contribution in [2.24, 2.45) is 0 Å². The lowest BCUT2D eigenvalue weighted by atomic mass is 10.1. The quantitative estimate of drug-likeness (QED) is 0.607. The number of fused-ring (bicyclic) bond motifs is 1. The molecule has 0 saturated carbocycles. The van der Waals surface area contributed by atoms with Crippen LogP contribution in [-0.4, -0.2) is 28.6 Å². The summed E-state index contributed by atoms with van der Waals surface area (Å²) in [6, 6.07) is 18.2. The van der Waals surface area contributed by atoms with Crippen molar-refractivity contribution >= 4 is 32.9 Å². The smallest absolute Gasteiger partial charge is 0.325 e. The molecule has 3 aromatic rings. The molecule has 23 heavy (non-hydrogen) atoms. The maximum Gasteiger partial charge on any atom is 0.329 e. The minimum atomic E-state index is 0.0223. The minimum absolute atomic E-state index is 0.0223. The number of nitrogens with zero attached hydrogens (tertiary/aromatic N) is 2. The highest BCUT2D eigenvalue weighted by atomic mass is 79.9. The Hall–Kier alpha value is -2.07. The number of halogens is 1. The molecule has 0 aliphatic carbocycles. The number of carbonyl (C=O) groups excluding carboxylic acids is 1. The Morgan fingerprint density at radius 3 is 2.35 bits per heavy atom. The van der Waals surface area contributed by atoms with Gasteiger partial charge >= 0.3 is 6.03 Å². The average Bonchev–Trinajstić information content (AvgIpc) is 2.96. The Balaban J connectivity index is 2.23. The Kier molecular flexibility index (Phi) is 4.53. The van der Waals surface area contributed by atoms with Gasteiger partial charge in [-0.2, -0.15) is 0 Å². The van der Waals surface area contributed by atoms with Crippen LogP contribution < -0.4 is 0 Å². The van der Waals surface area contributed by atoms with E-state index in [1.165, 1.54) is 0 Å². The Bertz CT molecular complexity index is 832. The number of hydrogen-bond acceptors (Lipinski definition) is 1. The second kappa shape index (κ2) is 6.59. The number of aromatic nitrogens is 1. The summed E-state index contributed by atoms with van der Waals surface area (Å²) in [6.07, 6.45) is 0. The van der Waals surface area contributed by atoms with Crippen LogP contribution in [0.1, 0.15) is 13.8 Å². The van der Waals surface area contributed by atoms with Crippen molar-refractivity contribution in [3.05, 3.63) is 59.1 Å². The van der Waals surface area contributed by atoms with E-state index in [9.17, 15) is 4.79 Å². The molecule has 0 fully saturated rings. The Morgan fingerprint density at radius 1 is 1.04 bits per heavy atom. The summed E-state index contributed by atoms with van der Waals surface area (Å²) in [4.78, 5) is 14.9. The molecule has 3 nitrogen and oxygen atoms in total. The molecule has 3 rings (SSSR count). The second-order valence-electron chi connectivity index (χ2n) is 5.39. The first-order valence-electron chi connectivity index (χ1n) is 7.81. The van der Waals surface area contributed by atoms with Crippen LogP contribution in [0, 0.1) is 0 Å². The van der Waals surface area contributed by atoms with Crippen LogP contribution >= 0.6 is 15.9 Å². The van der Waals surface area contributed by atoms with Crippen LogP contribution in [0.2, 0.25) is 0 Å². The van der Waals surface area contributed by atoms with Gasteiger partial charge in [-0.05, 0) is 43.7 Å². The summed E-state index contributed by atoms with van der Waals surface area (Å²) < 4.78 is 2.85. The van der Waals surface area contributed by atoms with Crippen molar-refractivity contribution in [1.82, 2.24) is 9.47 Å². The van der Waals surface area contributed by atoms with E-state index in [1.54, 1.807) is 0 Å². The zero-order valence-corrected chi connectivity index (χ0v) is 14.9. The lowest BCUT2D eigenvalue weighted by molar-refractivity contribution is 0.206. The Labute approximate surface area is 144 Å². The van der Waals surface area contributed by atoms with Gasteiger partial charge in [-0.3, -0.25) is 4.57 Å². The molecule has 0 bridgehead atoms. The van der Waals surface area contributed by atoms with Crippen molar-refractivity contribution in [3.8, 4) is 11.3 Å². The number of amides is 1. The van der Waals surface area contributed by atoms with Crippen molar-refractivity contribution in [3.63, 3.8) is 0 Å². The maximum atomic E-state index is 13.0. The SMILES string of the molecule is CCN(CC)C(=O)n1c(-c2ccc(Br)cc2)cc2ccccc21. The molecule has 0 spiro atoms. The van der Waals surface area contributed by atoms with Gasteiger partial charge in [0.15, 0.2) is 0 Å². The van der Waals surface area contributed by atoms with Crippen LogP contribution in [0.5, 0.6) is 0 Å². The highest BCUT2D eigenvalue weighted by molar-refractivity contribution is 9.10. The molecular weight excluding hydrogens is 352 g/mol. The third-order valence-electron chi connectivity index (χ3n) is 4.08. The summed E-state index contributed by atoms with van der Waals surface area (Å²) in [6.45, 7) is 5.40. The summed E-state index contributed by atoms with van der Waals surface area (Å²) in [5.41, 5.74) is 2.91. The number of benzene rings is 2. The first-order chi connectivity index (χ1) is 11.2. The van der Waals surface area contributed by atoms with E-state index in [4.69, 9.17) is 0 Å². The van der Waals surface area contributed by atoms with Gasteiger partial charge in [-0.1, -0.05) is 46.3 Å². The van der Waals surface area contributed by atoms with E-state index >= 15 is 0 Å². The molecule has 2 aromatic carbocycles. The lowest BCUT2D eigenvalue weighted by Gasteiger charge is -2.21. The van der Waals surface area contributed by atoms with E-state index in [0.717, 1.165) is 26.6 Å². The molecule has 1 amide bonds. The largest absolute Gasteiger partial charge is 0.329 e. The topological polar surface area (TPSA) is 25.2 Å². The average molecular weight is 371 g/mol. The van der Waals surface area contributed by atoms with Gasteiger partial charge in [0.25, 0.3) is 0 Å². The van der Waals surface area contributed by atoms with Gasteiger partial charge in [0.05, 0.1) is 11.2 Å². The highest BCUT2D eigenvalue weighted by Gasteiger charge is 2.19. The predicted molar refractivity (Wildman–Crippen MR) is 98.8 cm³/mol. The third-order valence-corrected chi connectivity index (χ3v) is 4.60. The molecule has 118 valence electrons. The zero-order valence-electron chi connectivity index (χ0n) is 13.3. The first-order valence-corrected chi connectivity index (χ1v) is 8.60. The van der Waals surface area contributed by atoms with E-state index in [-0.39, 0.29) is 6.03 Å². The molecular formula is C19H19BrN2O. The van der Waals surface area contributed by atoms with Crippen molar-refractivity contribution in [1.29, 1.82) is 0 Å². The maximum absolute atomic E-state index is 13.0. The monoisotopic (exact) mass is 370 g/mol. The highest BCUT2D eigenvalue weighted by Crippen LogP contribution is 2.29. The minimum Gasteiger partial charge on any atom is -0.325 e. The molecule has 0 radical (unpaired) electrons. The van der Waals surface area contributed by atoms with Crippen LogP contribution in [0.15, 0.2) is 59.1 Å². The number of carbonyl (C=O) groups is 1. The van der Waals surface area contributed by atoms with Gasteiger partial charge in [-0.25, -0.2) is 4.79 Å². The fraction of sp³-hybridized carbons (Fsp3) is 0.211. The van der Waals surface area contributed by atoms with Crippen LogP contribution in [0.4, 0.5) is 4.79 Å². The standard InChI is InChI=1S/C19H19BrN2O/c1-3-21(4-2)19(23)22-17-8-6-5-7-15(17)13-18(22)14-9-11-16(20)12-10-14/h5-13H,3-4H2,1-2H3. The molecule has 0 aliphatic heterocycles. The van der Waals surface area contributed by atoms with Crippen LogP contribution in [-0.2, 0) is 0 Å². The molecule has 0 saturated heterocycles. The summed E-state index contributed by atoms with van der Waals surface area (Å²) in [5, 5.41) is 1.07. The number of rotatable bonds is 3. The Morgan fingerprint density at radius 2 is 1.70 bits per heavy atom. The van der Waals surface area contributed by atoms with Gasteiger partial charge in [0.2, 0.25) is 0 Å². The van der Waals surface area contributed by atoms with E-state index in [0.29, 0.717) is 13.1 Å². The molecule has 1 aromatic heterocycles. The van der Waals surface area contributed by atoms with E-state index in [1.807, 2.05) is 71.8 Å². The number of para-hydroxylation sites is 1. The zero-order chi connectivity index (χ0) is 16.4. The fourth-order valence-electron chi connectivity index (χ4n) is 2.83. The molecule has 0 N–H and O–H groups in total. The molecule has 1 heterocycles. The van der Waals surface area contributed by atoms with Crippen molar-refractivity contribution in [2.45, 2.75) is 13.8 Å². The van der Waals surface area contributed by atoms with Crippen molar-refractivity contribution in [2.75, 3.05) is 13.1 Å². The molecule has 0 unspecified atom stereocenters. The molecule has 0 atom stereocenters. The summed E-state index contributed by atoms with van der Waals surface area (Å²) >= 11 is 3.46. The van der Waals surface area contributed by atoms with E-state index < -0.39 is 0 Å². The van der Waals surface area contributed by atoms with Gasteiger partial charge < -0.3 is 4.90 Å². The van der Waals surface area contributed by atoms with Gasteiger partial charge in [-0.15, -0.1) is 0 Å². The van der Waals surface area contributed by atoms with Gasteiger partial charge in [0, 0.05) is 22.9 Å². The van der Waals surface area contributed by atoms with Crippen LogP contribution in [0.3, 0.4) is 0 Å². The molecule has 0 aliphatic rings. The lowest BCUT2D eigenvalue weighted by Crippen LogP contribution is -2.34. The van der Waals surface area contributed by atoms with Gasteiger partial charge in [0.1, 0.15) is 0 Å². The number of hydrogen-bond donors (Lipinski definition) is 0. The van der Waals surface area contributed by atoms with E-state index in [2.05, 4.69) is 22.0 Å². The summed E-state index contributed by atoms with van der Waals surface area (Å²) in [7, 11) is 0. The van der Waals surface area contributed by atoms with Crippen LogP contribution in [0.25, 0.3) is 22.2 Å². The fourth-order valence-corrected chi connectivity index (χ4v) is 3.09. The third kappa shape index (κ3) is 2.91. The second-order valence-corrected chi connectivity index (χ2v) is 6.30. The summed E-state index contributed by atoms with van der Waals surface area (Å²) in [5.74, 6) is 0.